The van der Waals surface area contributed by atoms with E-state index in [4.69, 9.17) is 9.84 Å². The average Bonchev–Trinajstić information content (AvgIpc) is 2.44. The van der Waals surface area contributed by atoms with Gasteiger partial charge in [0.05, 0.1) is 12.5 Å². The van der Waals surface area contributed by atoms with Crippen molar-refractivity contribution in [1.82, 2.24) is 9.55 Å². The number of hydrogen-bond acceptors (Lipinski definition) is 4. The first-order valence-corrected chi connectivity index (χ1v) is 7.39. The molecule has 1 aromatic rings. The second-order valence-corrected chi connectivity index (χ2v) is 5.54. The Morgan fingerprint density at radius 1 is 1.43 bits per heavy atom. The first-order valence-electron chi connectivity index (χ1n) is 7.39. The summed E-state index contributed by atoms with van der Waals surface area (Å²) in [6, 6.07) is 0. The van der Waals surface area contributed by atoms with Gasteiger partial charge in [-0.05, 0) is 39.5 Å². The van der Waals surface area contributed by atoms with Gasteiger partial charge in [0.1, 0.15) is 0 Å². The highest BCUT2D eigenvalue weighted by molar-refractivity contribution is 5.70. The molecular formula is C15H22N2O4. The molecule has 116 valence electrons. The minimum atomic E-state index is -0.913. The summed E-state index contributed by atoms with van der Waals surface area (Å²) in [6.45, 7) is 4.78. The van der Waals surface area contributed by atoms with Crippen LogP contribution in [0, 0.1) is 13.8 Å². The van der Waals surface area contributed by atoms with E-state index in [1.165, 1.54) is 0 Å². The van der Waals surface area contributed by atoms with Crippen molar-refractivity contribution in [3.63, 3.8) is 0 Å². The van der Waals surface area contributed by atoms with Crippen LogP contribution in [0.2, 0.25) is 0 Å². The van der Waals surface area contributed by atoms with Crippen LogP contribution in [-0.2, 0) is 22.5 Å². The van der Waals surface area contributed by atoms with Crippen molar-refractivity contribution < 1.29 is 14.6 Å². The Morgan fingerprint density at radius 2 is 2.19 bits per heavy atom. The van der Waals surface area contributed by atoms with Gasteiger partial charge in [-0.2, -0.15) is 4.98 Å². The van der Waals surface area contributed by atoms with E-state index < -0.39 is 5.97 Å². The number of carbonyl (C=O) groups is 1. The molecule has 21 heavy (non-hydrogen) atoms. The number of ether oxygens (including phenoxy) is 1. The van der Waals surface area contributed by atoms with Crippen LogP contribution >= 0.6 is 0 Å². The molecule has 1 aromatic heterocycles. The maximum absolute atomic E-state index is 12.0. The summed E-state index contributed by atoms with van der Waals surface area (Å²) in [5.74, 6) is -0.913. The highest BCUT2D eigenvalue weighted by Gasteiger charge is 2.17. The Bertz CT molecular complexity index is 574. The largest absolute Gasteiger partial charge is 0.481 e. The van der Waals surface area contributed by atoms with Crippen molar-refractivity contribution in [1.29, 1.82) is 0 Å². The molecule has 2 rings (SSSR count). The first-order chi connectivity index (χ1) is 9.99. The second-order valence-electron chi connectivity index (χ2n) is 5.54. The highest BCUT2D eigenvalue weighted by atomic mass is 16.5. The summed E-state index contributed by atoms with van der Waals surface area (Å²) in [4.78, 5) is 26.9. The molecule has 0 radical (unpaired) electrons. The molecule has 1 N–H and O–H groups in total. The number of carboxylic acids is 1. The predicted molar refractivity (Wildman–Crippen MR) is 77.5 cm³/mol. The molecule has 0 amide bonds. The Balaban J connectivity index is 2.17. The summed E-state index contributed by atoms with van der Waals surface area (Å²) in [5.41, 5.74) is 1.53. The molecule has 1 atom stereocenters. The predicted octanol–water partition coefficient (Wildman–Crippen LogP) is 1.45. The lowest BCUT2D eigenvalue weighted by atomic mass is 10.1. The Hall–Kier alpha value is -1.69. The van der Waals surface area contributed by atoms with Crippen LogP contribution in [0.1, 0.15) is 42.6 Å². The third-order valence-corrected chi connectivity index (χ3v) is 4.05. The normalized spacial score (nSPS) is 18.7. The topological polar surface area (TPSA) is 81.4 Å². The Labute approximate surface area is 123 Å². The fourth-order valence-corrected chi connectivity index (χ4v) is 2.82. The van der Waals surface area contributed by atoms with Gasteiger partial charge in [0, 0.05) is 30.1 Å². The zero-order valence-electron chi connectivity index (χ0n) is 12.6. The van der Waals surface area contributed by atoms with Crippen LogP contribution in [0.25, 0.3) is 0 Å². The van der Waals surface area contributed by atoms with Gasteiger partial charge in [0.2, 0.25) is 0 Å². The van der Waals surface area contributed by atoms with Crippen molar-refractivity contribution in [3.8, 4) is 0 Å². The fourth-order valence-electron chi connectivity index (χ4n) is 2.82. The number of nitrogens with zero attached hydrogens (tertiary/aromatic N) is 2. The van der Waals surface area contributed by atoms with Crippen LogP contribution in [-0.4, -0.2) is 33.3 Å². The number of aliphatic carboxylic acids is 1. The third-order valence-electron chi connectivity index (χ3n) is 4.05. The molecule has 1 saturated heterocycles. The molecule has 0 saturated carbocycles. The summed E-state index contributed by atoms with van der Waals surface area (Å²) in [7, 11) is 0. The molecule has 0 spiro atoms. The number of aromatic nitrogens is 2. The Morgan fingerprint density at radius 3 is 2.81 bits per heavy atom. The van der Waals surface area contributed by atoms with Gasteiger partial charge in [-0.3, -0.25) is 9.36 Å². The molecule has 6 nitrogen and oxygen atoms in total. The van der Waals surface area contributed by atoms with Gasteiger partial charge in [0.25, 0.3) is 0 Å². The lowest BCUT2D eigenvalue weighted by Crippen LogP contribution is -2.30. The maximum atomic E-state index is 12.0. The number of hydrogen-bond donors (Lipinski definition) is 1. The van der Waals surface area contributed by atoms with E-state index in [0.717, 1.165) is 32.3 Å². The van der Waals surface area contributed by atoms with E-state index in [1.54, 1.807) is 18.4 Å². The average molecular weight is 294 g/mol. The van der Waals surface area contributed by atoms with E-state index in [0.29, 0.717) is 23.5 Å². The molecule has 6 heteroatoms. The summed E-state index contributed by atoms with van der Waals surface area (Å²) in [6.07, 6.45) is 4.13. The van der Waals surface area contributed by atoms with Gasteiger partial charge in [-0.15, -0.1) is 0 Å². The van der Waals surface area contributed by atoms with Gasteiger partial charge in [-0.1, -0.05) is 0 Å². The van der Waals surface area contributed by atoms with E-state index in [-0.39, 0.29) is 18.2 Å². The molecular weight excluding hydrogens is 272 g/mol. The summed E-state index contributed by atoms with van der Waals surface area (Å²) < 4.78 is 7.24. The minimum absolute atomic E-state index is 0.106. The fraction of sp³-hybridized carbons (Fsp3) is 0.667. The van der Waals surface area contributed by atoms with Crippen molar-refractivity contribution in [2.45, 2.75) is 58.6 Å². The van der Waals surface area contributed by atoms with Crippen molar-refractivity contribution >= 4 is 5.97 Å². The van der Waals surface area contributed by atoms with Crippen LogP contribution in [0.4, 0.5) is 0 Å². The number of carboxylic acid groups (broad SMARTS) is 1. The molecule has 1 fully saturated rings. The van der Waals surface area contributed by atoms with Crippen molar-refractivity contribution in [2.75, 3.05) is 6.61 Å². The first kappa shape index (κ1) is 15.7. The molecule has 0 bridgehead atoms. The lowest BCUT2D eigenvalue weighted by molar-refractivity contribution is -0.136. The zero-order chi connectivity index (χ0) is 15.4. The Kier molecular flexibility index (Phi) is 5.12. The van der Waals surface area contributed by atoms with E-state index in [2.05, 4.69) is 4.98 Å². The molecule has 1 aliphatic heterocycles. The molecule has 2 heterocycles. The van der Waals surface area contributed by atoms with Gasteiger partial charge >= 0.3 is 11.7 Å². The summed E-state index contributed by atoms with van der Waals surface area (Å²) >= 11 is 0. The zero-order valence-corrected chi connectivity index (χ0v) is 12.6. The van der Waals surface area contributed by atoms with Crippen LogP contribution < -0.4 is 5.69 Å². The minimum Gasteiger partial charge on any atom is -0.481 e. The van der Waals surface area contributed by atoms with E-state index >= 15 is 0 Å². The van der Waals surface area contributed by atoms with Crippen LogP contribution in [0.15, 0.2) is 4.79 Å². The monoisotopic (exact) mass is 294 g/mol. The lowest BCUT2D eigenvalue weighted by Gasteiger charge is -2.23. The standard InChI is InChI=1S/C15H22N2O4/c1-10-13(9-14(18)19)11(2)17(15(20)16-10)7-6-12-5-3-4-8-21-12/h12H,3-9H2,1-2H3,(H,18,19). The van der Waals surface area contributed by atoms with Crippen LogP contribution in [0.3, 0.4) is 0 Å². The molecule has 1 aliphatic rings. The quantitative estimate of drug-likeness (QED) is 0.888. The van der Waals surface area contributed by atoms with E-state index in [9.17, 15) is 9.59 Å². The molecule has 1 unspecified atom stereocenters. The third kappa shape index (κ3) is 3.91. The van der Waals surface area contributed by atoms with Gasteiger partial charge in [0.15, 0.2) is 0 Å². The maximum Gasteiger partial charge on any atom is 0.347 e. The number of aryl methyl sites for hydroxylation is 1. The van der Waals surface area contributed by atoms with Crippen molar-refractivity contribution in [3.05, 3.63) is 27.4 Å². The molecule has 0 aliphatic carbocycles. The molecule has 0 aromatic carbocycles. The number of rotatable bonds is 5. The SMILES string of the molecule is Cc1nc(=O)n(CCC2CCCCO2)c(C)c1CC(=O)O. The van der Waals surface area contributed by atoms with E-state index in [1.807, 2.05) is 0 Å². The van der Waals surface area contributed by atoms with Crippen molar-refractivity contribution in [2.24, 2.45) is 0 Å². The second kappa shape index (κ2) is 6.85. The smallest absolute Gasteiger partial charge is 0.347 e. The summed E-state index contributed by atoms with van der Waals surface area (Å²) in [5, 5.41) is 8.97. The van der Waals surface area contributed by atoms with Gasteiger partial charge < -0.3 is 9.84 Å². The van der Waals surface area contributed by atoms with Gasteiger partial charge in [-0.25, -0.2) is 4.79 Å². The highest BCUT2D eigenvalue weighted by Crippen LogP contribution is 2.17. The van der Waals surface area contributed by atoms with Crippen LogP contribution in [0.5, 0.6) is 0 Å².